The number of nitrogens with zero attached hydrogens (tertiary/aromatic N) is 1. The van der Waals surface area contributed by atoms with Crippen LogP contribution < -0.4 is 5.32 Å². The standard InChI is InChI=1S/C5H12N2/c1-7-4-2-6-3-5-7/h6H,2-5H2,1H3/i1D. The summed E-state index contributed by atoms with van der Waals surface area (Å²) in [5.41, 5.74) is 0. The summed E-state index contributed by atoms with van der Waals surface area (Å²) in [6.07, 6.45) is 0. The van der Waals surface area contributed by atoms with E-state index in [0.29, 0.717) is 7.02 Å². The topological polar surface area (TPSA) is 15.3 Å². The van der Waals surface area contributed by atoms with E-state index in [1.54, 1.807) is 0 Å². The fraction of sp³-hybridized carbons (Fsp3) is 1.00. The second kappa shape index (κ2) is 2.28. The lowest BCUT2D eigenvalue weighted by Crippen LogP contribution is -2.40. The smallest absolute Gasteiger partial charge is 0.0394 e. The van der Waals surface area contributed by atoms with E-state index >= 15 is 0 Å². The van der Waals surface area contributed by atoms with E-state index < -0.39 is 0 Å². The molecule has 1 saturated heterocycles. The van der Waals surface area contributed by atoms with Gasteiger partial charge < -0.3 is 10.2 Å². The molecule has 1 N–H and O–H groups in total. The lowest BCUT2D eigenvalue weighted by molar-refractivity contribution is 0.291. The maximum Gasteiger partial charge on any atom is 0.0394 e. The molecule has 0 aromatic rings. The van der Waals surface area contributed by atoms with Gasteiger partial charge in [0, 0.05) is 27.5 Å². The molecule has 0 aromatic heterocycles. The van der Waals surface area contributed by atoms with E-state index in [1.165, 1.54) is 0 Å². The molecule has 0 saturated carbocycles. The van der Waals surface area contributed by atoms with E-state index in [4.69, 9.17) is 1.37 Å². The minimum absolute atomic E-state index is 0.460. The third-order valence-corrected chi connectivity index (χ3v) is 1.21. The lowest BCUT2D eigenvalue weighted by atomic mass is 10.4. The molecule has 0 aliphatic carbocycles. The van der Waals surface area contributed by atoms with Gasteiger partial charge in [-0.1, -0.05) is 0 Å². The molecule has 1 aliphatic heterocycles. The van der Waals surface area contributed by atoms with Gasteiger partial charge in [0.1, 0.15) is 0 Å². The van der Waals surface area contributed by atoms with Crippen LogP contribution in [-0.4, -0.2) is 38.1 Å². The monoisotopic (exact) mass is 101 g/mol. The Balaban J connectivity index is 2.13. The molecular weight excluding hydrogens is 88.1 g/mol. The van der Waals surface area contributed by atoms with Gasteiger partial charge in [-0.3, -0.25) is 0 Å². The predicted molar refractivity (Wildman–Crippen MR) is 30.4 cm³/mol. The van der Waals surface area contributed by atoms with Crippen LogP contribution >= 0.6 is 0 Å². The molecule has 7 heavy (non-hydrogen) atoms. The van der Waals surface area contributed by atoms with Crippen molar-refractivity contribution >= 4 is 0 Å². The highest BCUT2D eigenvalue weighted by Crippen LogP contribution is 1.82. The van der Waals surface area contributed by atoms with Gasteiger partial charge in [0.15, 0.2) is 0 Å². The highest BCUT2D eigenvalue weighted by Gasteiger charge is 2.01. The zero-order valence-electron chi connectivity index (χ0n) is 5.48. The summed E-state index contributed by atoms with van der Waals surface area (Å²) < 4.78 is 7.00. The molecule has 0 bridgehead atoms. The normalized spacial score (nSPS) is 27.1. The second-order valence-electron chi connectivity index (χ2n) is 1.87. The molecular formula is C5H12N2. The first kappa shape index (κ1) is 3.87. The van der Waals surface area contributed by atoms with Crippen molar-refractivity contribution < 1.29 is 1.37 Å². The van der Waals surface area contributed by atoms with Gasteiger partial charge in [-0.25, -0.2) is 0 Å². The van der Waals surface area contributed by atoms with E-state index in [-0.39, 0.29) is 0 Å². The average molecular weight is 101 g/mol. The molecule has 0 spiro atoms. The quantitative estimate of drug-likeness (QED) is 0.443. The lowest BCUT2D eigenvalue weighted by Gasteiger charge is -2.21. The number of piperazine rings is 1. The number of hydrogen-bond acceptors (Lipinski definition) is 2. The molecule has 2 heteroatoms. The number of rotatable bonds is 0. The van der Waals surface area contributed by atoms with Crippen LogP contribution in [0, 0.1) is 0 Å². The summed E-state index contributed by atoms with van der Waals surface area (Å²) in [5.74, 6) is 0. The Morgan fingerprint density at radius 3 is 2.71 bits per heavy atom. The molecule has 1 fully saturated rings. The first-order chi connectivity index (χ1) is 3.93. The Morgan fingerprint density at radius 1 is 1.57 bits per heavy atom. The highest BCUT2D eigenvalue weighted by molar-refractivity contribution is 4.62. The molecule has 1 heterocycles. The molecule has 0 unspecified atom stereocenters. The summed E-state index contributed by atoms with van der Waals surface area (Å²) in [6, 6.07) is 0. The van der Waals surface area contributed by atoms with Crippen molar-refractivity contribution in [2.45, 2.75) is 0 Å². The first-order valence-corrected chi connectivity index (χ1v) is 2.66. The number of nitrogens with one attached hydrogen (secondary N) is 1. The first-order valence-electron chi connectivity index (χ1n) is 3.36. The average Bonchev–Trinajstić information content (AvgIpc) is 1.90. The van der Waals surface area contributed by atoms with Crippen molar-refractivity contribution in [2.75, 3.05) is 33.2 Å². The Labute approximate surface area is 45.9 Å². The van der Waals surface area contributed by atoms with Gasteiger partial charge in [0.2, 0.25) is 0 Å². The highest BCUT2D eigenvalue weighted by atomic mass is 15.2. The van der Waals surface area contributed by atoms with Crippen LogP contribution in [-0.2, 0) is 0 Å². The SMILES string of the molecule is [2H]CN1CCNCC1. The summed E-state index contributed by atoms with van der Waals surface area (Å²) >= 11 is 0. The Hall–Kier alpha value is -0.0800. The predicted octanol–water partition coefficient (Wildman–Crippen LogP) is -0.479. The van der Waals surface area contributed by atoms with Gasteiger partial charge in [0.05, 0.1) is 0 Å². The molecule has 1 aliphatic rings. The van der Waals surface area contributed by atoms with Crippen LogP contribution in [0.25, 0.3) is 0 Å². The van der Waals surface area contributed by atoms with Crippen molar-refractivity contribution in [1.82, 2.24) is 10.2 Å². The van der Waals surface area contributed by atoms with Crippen molar-refractivity contribution in [1.29, 1.82) is 0 Å². The third kappa shape index (κ3) is 1.45. The molecule has 0 atom stereocenters. The van der Waals surface area contributed by atoms with Crippen LogP contribution in [0.2, 0.25) is 0 Å². The van der Waals surface area contributed by atoms with Crippen LogP contribution in [0.3, 0.4) is 0 Å². The molecule has 0 aromatic carbocycles. The van der Waals surface area contributed by atoms with Crippen molar-refractivity contribution in [3.8, 4) is 0 Å². The van der Waals surface area contributed by atoms with E-state index in [1.807, 2.05) is 0 Å². The maximum atomic E-state index is 7.00. The van der Waals surface area contributed by atoms with Crippen molar-refractivity contribution in [2.24, 2.45) is 0 Å². The van der Waals surface area contributed by atoms with Crippen LogP contribution in [0.5, 0.6) is 0 Å². The second-order valence-corrected chi connectivity index (χ2v) is 1.87. The summed E-state index contributed by atoms with van der Waals surface area (Å²) in [4.78, 5) is 2.12. The largest absolute Gasteiger partial charge is 0.314 e. The Kier molecular flexibility index (Phi) is 1.26. The van der Waals surface area contributed by atoms with Crippen LogP contribution in [0.1, 0.15) is 1.37 Å². The van der Waals surface area contributed by atoms with Crippen LogP contribution in [0.4, 0.5) is 0 Å². The van der Waals surface area contributed by atoms with Gasteiger partial charge in [-0.05, 0) is 7.02 Å². The minimum atomic E-state index is 0.460. The molecule has 0 radical (unpaired) electrons. The maximum absolute atomic E-state index is 7.00. The molecule has 42 valence electrons. The summed E-state index contributed by atoms with van der Waals surface area (Å²) in [7, 11) is 0.460. The summed E-state index contributed by atoms with van der Waals surface area (Å²) in [5, 5.41) is 3.22. The van der Waals surface area contributed by atoms with Gasteiger partial charge in [-0.2, -0.15) is 0 Å². The van der Waals surface area contributed by atoms with E-state index in [2.05, 4.69) is 10.2 Å². The van der Waals surface area contributed by atoms with E-state index in [9.17, 15) is 0 Å². The third-order valence-electron chi connectivity index (χ3n) is 1.21. The fourth-order valence-electron chi connectivity index (χ4n) is 0.711. The fourth-order valence-corrected chi connectivity index (χ4v) is 0.711. The van der Waals surface area contributed by atoms with Crippen molar-refractivity contribution in [3.63, 3.8) is 0 Å². The Morgan fingerprint density at radius 2 is 2.29 bits per heavy atom. The summed E-state index contributed by atoms with van der Waals surface area (Å²) in [6.45, 7) is 4.20. The Bertz CT molecular complexity index is 61.4. The molecule has 0 amide bonds. The van der Waals surface area contributed by atoms with Gasteiger partial charge >= 0.3 is 0 Å². The molecule has 1 rings (SSSR count). The van der Waals surface area contributed by atoms with Crippen LogP contribution in [0.15, 0.2) is 0 Å². The van der Waals surface area contributed by atoms with Gasteiger partial charge in [0.25, 0.3) is 0 Å². The van der Waals surface area contributed by atoms with E-state index in [0.717, 1.165) is 26.2 Å². The number of hydrogen-bond donors (Lipinski definition) is 1. The number of likely N-dealkylation sites (N-methyl/N-ethyl adjacent to an activating group) is 1. The van der Waals surface area contributed by atoms with Crippen molar-refractivity contribution in [3.05, 3.63) is 0 Å². The minimum Gasteiger partial charge on any atom is -0.314 e. The molecule has 2 nitrogen and oxygen atoms in total. The zero-order chi connectivity index (χ0) is 5.82. The van der Waals surface area contributed by atoms with Gasteiger partial charge in [-0.15, -0.1) is 0 Å². The zero-order valence-corrected chi connectivity index (χ0v) is 4.48.